The molecule has 176 valence electrons. The minimum absolute atomic E-state index is 0.0861. The number of carbonyl (C=O) groups is 1. The molecule has 0 bridgehead atoms. The monoisotopic (exact) mass is 430 g/mol. The average Bonchev–Trinajstić information content (AvgIpc) is 3.08. The standard InChI is InChI=1S/C28H46O3/c1-16(2)17(3)25(30)26(31)18(4)20-10-11-21-19-15-24(29)23-9-7-8-13-27(23,5)22(19)12-14-28(20,21)6/h7-8,16-23,25-26,30-31H,9-15H2,1-6H3/t17-,18+,19+,20+,21-,22-,23-,25-,26-,27-,28-/m1/s1. The van der Waals surface area contributed by atoms with Crippen molar-refractivity contribution < 1.29 is 15.0 Å². The number of hydrogen-bond donors (Lipinski definition) is 2. The first-order valence-corrected chi connectivity index (χ1v) is 13.1. The first-order chi connectivity index (χ1) is 14.5. The molecule has 4 aliphatic rings. The Hall–Kier alpha value is -0.670. The Balaban J connectivity index is 1.55. The largest absolute Gasteiger partial charge is 0.390 e. The Morgan fingerprint density at radius 2 is 1.61 bits per heavy atom. The van der Waals surface area contributed by atoms with E-state index >= 15 is 0 Å². The van der Waals surface area contributed by atoms with Gasteiger partial charge in [0.05, 0.1) is 12.2 Å². The van der Waals surface area contributed by atoms with Crippen molar-refractivity contribution >= 4 is 5.78 Å². The quantitative estimate of drug-likeness (QED) is 0.555. The summed E-state index contributed by atoms with van der Waals surface area (Å²) in [5.74, 6) is 3.44. The lowest BCUT2D eigenvalue weighted by Gasteiger charge is -2.59. The van der Waals surface area contributed by atoms with E-state index in [1.807, 2.05) is 0 Å². The molecule has 4 aliphatic carbocycles. The summed E-state index contributed by atoms with van der Waals surface area (Å²) in [5, 5.41) is 22.0. The van der Waals surface area contributed by atoms with Crippen molar-refractivity contribution in [3.8, 4) is 0 Å². The van der Waals surface area contributed by atoms with E-state index < -0.39 is 12.2 Å². The van der Waals surface area contributed by atoms with E-state index in [0.717, 1.165) is 25.7 Å². The summed E-state index contributed by atoms with van der Waals surface area (Å²) in [6.07, 6.45) is 10.7. The fraction of sp³-hybridized carbons (Fsp3) is 0.893. The van der Waals surface area contributed by atoms with Crippen LogP contribution < -0.4 is 0 Å². The van der Waals surface area contributed by atoms with Crippen LogP contribution in [-0.2, 0) is 4.79 Å². The number of rotatable bonds is 5. The van der Waals surface area contributed by atoms with Crippen LogP contribution in [0.2, 0.25) is 0 Å². The molecule has 3 heteroatoms. The predicted molar refractivity (Wildman–Crippen MR) is 125 cm³/mol. The van der Waals surface area contributed by atoms with Gasteiger partial charge < -0.3 is 10.2 Å². The van der Waals surface area contributed by atoms with Gasteiger partial charge in [0.1, 0.15) is 5.78 Å². The van der Waals surface area contributed by atoms with Gasteiger partial charge in [-0.3, -0.25) is 4.79 Å². The van der Waals surface area contributed by atoms with Gasteiger partial charge in [0, 0.05) is 12.3 Å². The number of hydrogen-bond acceptors (Lipinski definition) is 3. The van der Waals surface area contributed by atoms with E-state index in [-0.39, 0.29) is 28.6 Å². The fourth-order valence-electron chi connectivity index (χ4n) is 8.81. The highest BCUT2D eigenvalue weighted by molar-refractivity contribution is 5.83. The lowest BCUT2D eigenvalue weighted by Crippen LogP contribution is -2.56. The summed E-state index contributed by atoms with van der Waals surface area (Å²) < 4.78 is 0. The summed E-state index contributed by atoms with van der Waals surface area (Å²) in [5.41, 5.74) is 0.318. The number of carbonyl (C=O) groups excluding carboxylic acids is 1. The third kappa shape index (κ3) is 3.57. The van der Waals surface area contributed by atoms with E-state index in [4.69, 9.17) is 0 Å². The van der Waals surface area contributed by atoms with E-state index in [1.54, 1.807) is 0 Å². The molecular formula is C28H46O3. The van der Waals surface area contributed by atoms with Gasteiger partial charge in [-0.05, 0) is 90.8 Å². The Morgan fingerprint density at radius 1 is 0.935 bits per heavy atom. The van der Waals surface area contributed by atoms with Gasteiger partial charge in [-0.2, -0.15) is 0 Å². The average molecular weight is 431 g/mol. The smallest absolute Gasteiger partial charge is 0.137 e. The molecule has 0 aromatic rings. The number of aliphatic hydroxyl groups excluding tert-OH is 2. The number of allylic oxidation sites excluding steroid dienone is 2. The van der Waals surface area contributed by atoms with E-state index in [0.29, 0.717) is 35.4 Å². The van der Waals surface area contributed by atoms with E-state index in [9.17, 15) is 15.0 Å². The van der Waals surface area contributed by atoms with Gasteiger partial charge in [0.25, 0.3) is 0 Å². The van der Waals surface area contributed by atoms with Gasteiger partial charge in [-0.1, -0.05) is 53.7 Å². The Bertz CT molecular complexity index is 713. The van der Waals surface area contributed by atoms with Crippen molar-refractivity contribution in [2.24, 2.45) is 58.2 Å². The number of aliphatic hydroxyl groups is 2. The molecule has 4 rings (SSSR count). The molecule has 3 nitrogen and oxygen atoms in total. The number of Topliss-reactive ketones (excluding diaryl/α,β-unsaturated/α-hetero) is 1. The second-order valence-electron chi connectivity index (χ2n) is 12.7. The lowest BCUT2D eigenvalue weighted by atomic mass is 9.45. The maximum absolute atomic E-state index is 13.2. The van der Waals surface area contributed by atoms with Crippen LogP contribution in [0, 0.1) is 58.2 Å². The molecule has 3 saturated carbocycles. The third-order valence-electron chi connectivity index (χ3n) is 11.2. The second-order valence-corrected chi connectivity index (χ2v) is 12.7. The van der Waals surface area contributed by atoms with Crippen molar-refractivity contribution in [3.63, 3.8) is 0 Å². The third-order valence-corrected chi connectivity index (χ3v) is 11.2. The zero-order valence-corrected chi connectivity index (χ0v) is 20.7. The Morgan fingerprint density at radius 3 is 2.29 bits per heavy atom. The molecule has 31 heavy (non-hydrogen) atoms. The molecule has 0 heterocycles. The molecule has 0 radical (unpaired) electrons. The Kier molecular flexibility index (Phi) is 6.27. The molecule has 2 N–H and O–H groups in total. The molecule has 0 spiro atoms. The van der Waals surface area contributed by atoms with Gasteiger partial charge in [0.2, 0.25) is 0 Å². The highest BCUT2D eigenvalue weighted by atomic mass is 16.3. The molecule has 11 atom stereocenters. The van der Waals surface area contributed by atoms with Crippen LogP contribution in [0.15, 0.2) is 12.2 Å². The molecule has 0 amide bonds. The molecule has 0 saturated heterocycles. The number of ketones is 1. The van der Waals surface area contributed by atoms with Crippen LogP contribution in [0.5, 0.6) is 0 Å². The van der Waals surface area contributed by atoms with Gasteiger partial charge in [-0.25, -0.2) is 0 Å². The topological polar surface area (TPSA) is 57.5 Å². The normalized spacial score (nSPS) is 46.1. The summed E-state index contributed by atoms with van der Waals surface area (Å²) >= 11 is 0. The Labute approximate surface area is 190 Å². The first kappa shape index (κ1) is 23.5. The summed E-state index contributed by atoms with van der Waals surface area (Å²) in [4.78, 5) is 13.2. The van der Waals surface area contributed by atoms with E-state index in [2.05, 4.69) is 53.7 Å². The molecular weight excluding hydrogens is 384 g/mol. The maximum Gasteiger partial charge on any atom is 0.137 e. The molecule has 3 fully saturated rings. The van der Waals surface area contributed by atoms with Gasteiger partial charge >= 0.3 is 0 Å². The SMILES string of the molecule is CC(C)[C@@H](C)[C@@H](O)[C@H](O)[C@@H](C)[C@@H]1CC[C@@H]2[C@@H]3CC(=O)[C@H]4CC=CC[C@]4(C)[C@@H]3CC[C@@]21C. The maximum atomic E-state index is 13.2. The van der Waals surface area contributed by atoms with Crippen LogP contribution >= 0.6 is 0 Å². The highest BCUT2D eigenvalue weighted by Crippen LogP contribution is 2.67. The molecule has 0 aromatic heterocycles. The van der Waals surface area contributed by atoms with Crippen molar-refractivity contribution in [1.29, 1.82) is 0 Å². The molecule has 0 aliphatic heterocycles. The minimum Gasteiger partial charge on any atom is -0.390 e. The van der Waals surface area contributed by atoms with Crippen LogP contribution in [0.4, 0.5) is 0 Å². The van der Waals surface area contributed by atoms with Crippen LogP contribution in [0.1, 0.15) is 86.5 Å². The minimum atomic E-state index is -0.672. The van der Waals surface area contributed by atoms with Crippen LogP contribution in [-0.4, -0.2) is 28.2 Å². The molecule has 0 aromatic carbocycles. The predicted octanol–water partition coefficient (Wildman–Crippen LogP) is 5.64. The summed E-state index contributed by atoms with van der Waals surface area (Å²) in [6.45, 7) is 13.3. The molecule has 0 unspecified atom stereocenters. The highest BCUT2D eigenvalue weighted by Gasteiger charge is 2.62. The zero-order chi connectivity index (χ0) is 22.7. The zero-order valence-electron chi connectivity index (χ0n) is 20.7. The van der Waals surface area contributed by atoms with Crippen molar-refractivity contribution in [2.75, 3.05) is 0 Å². The van der Waals surface area contributed by atoms with Crippen molar-refractivity contribution in [1.82, 2.24) is 0 Å². The second kappa shape index (κ2) is 8.28. The first-order valence-electron chi connectivity index (χ1n) is 13.1. The summed E-state index contributed by atoms with van der Waals surface area (Å²) in [6, 6.07) is 0. The lowest BCUT2D eigenvalue weighted by molar-refractivity contribution is -0.151. The van der Waals surface area contributed by atoms with E-state index in [1.165, 1.54) is 19.3 Å². The number of fused-ring (bicyclic) bond motifs is 5. The van der Waals surface area contributed by atoms with Crippen molar-refractivity contribution in [3.05, 3.63) is 12.2 Å². The fourth-order valence-corrected chi connectivity index (χ4v) is 8.81. The van der Waals surface area contributed by atoms with Gasteiger partial charge in [0.15, 0.2) is 0 Å². The van der Waals surface area contributed by atoms with Crippen LogP contribution in [0.25, 0.3) is 0 Å². The van der Waals surface area contributed by atoms with Crippen LogP contribution in [0.3, 0.4) is 0 Å². The summed E-state index contributed by atoms with van der Waals surface area (Å²) in [7, 11) is 0. The van der Waals surface area contributed by atoms with Gasteiger partial charge in [-0.15, -0.1) is 0 Å². The van der Waals surface area contributed by atoms with Crippen molar-refractivity contribution in [2.45, 2.75) is 98.7 Å².